The highest BCUT2D eigenvalue weighted by Gasteiger charge is 2.35. The molecular weight excluding hydrogens is 244 g/mol. The second kappa shape index (κ2) is 4.30. The second-order valence-electron chi connectivity index (χ2n) is 5.80. The van der Waals surface area contributed by atoms with E-state index in [-0.39, 0.29) is 5.75 Å². The quantitative estimate of drug-likeness (QED) is 0.817. The number of rotatable bonds is 1. The number of benzene rings is 1. The third kappa shape index (κ3) is 1.94. The van der Waals surface area contributed by atoms with Gasteiger partial charge in [0.15, 0.2) is 11.5 Å². The smallest absolute Gasteiger partial charge is 0.165 e. The number of hydrogen-bond acceptors (Lipinski definition) is 4. The van der Waals surface area contributed by atoms with Crippen LogP contribution in [0.25, 0.3) is 0 Å². The zero-order chi connectivity index (χ0) is 13.6. The van der Waals surface area contributed by atoms with Crippen LogP contribution < -0.4 is 9.47 Å². The summed E-state index contributed by atoms with van der Waals surface area (Å²) in [6.45, 7) is 4.76. The van der Waals surface area contributed by atoms with E-state index in [9.17, 15) is 10.2 Å². The molecule has 0 spiro atoms. The Labute approximate surface area is 113 Å². The third-order valence-electron chi connectivity index (χ3n) is 3.82. The minimum Gasteiger partial charge on any atom is -0.504 e. The van der Waals surface area contributed by atoms with Gasteiger partial charge in [0.2, 0.25) is 0 Å². The van der Waals surface area contributed by atoms with Gasteiger partial charge >= 0.3 is 0 Å². The van der Waals surface area contributed by atoms with Crippen LogP contribution in [0.1, 0.15) is 43.4 Å². The van der Waals surface area contributed by atoms with Crippen molar-refractivity contribution in [1.82, 2.24) is 0 Å². The second-order valence-corrected chi connectivity index (χ2v) is 5.80. The number of fused-ring (bicyclic) bond motifs is 2. The Morgan fingerprint density at radius 1 is 0.947 bits per heavy atom. The predicted octanol–water partition coefficient (Wildman–Crippen LogP) is 2.27. The molecule has 0 radical (unpaired) electrons. The van der Waals surface area contributed by atoms with Gasteiger partial charge in [-0.1, -0.05) is 0 Å². The van der Waals surface area contributed by atoms with Gasteiger partial charge in [-0.05, 0) is 39.5 Å². The van der Waals surface area contributed by atoms with E-state index >= 15 is 0 Å². The molecule has 19 heavy (non-hydrogen) atoms. The summed E-state index contributed by atoms with van der Waals surface area (Å²) in [5.41, 5.74) is 1.47. The molecule has 1 aromatic carbocycles. The van der Waals surface area contributed by atoms with E-state index in [2.05, 4.69) is 0 Å². The van der Waals surface area contributed by atoms with Crippen LogP contribution in [-0.4, -0.2) is 23.4 Å². The summed E-state index contributed by atoms with van der Waals surface area (Å²) < 4.78 is 11.4. The van der Waals surface area contributed by atoms with Crippen LogP contribution in [0.4, 0.5) is 0 Å². The number of phenols is 1. The van der Waals surface area contributed by atoms with Crippen LogP contribution in [0.2, 0.25) is 0 Å². The number of aliphatic hydroxyl groups is 1. The molecular formula is C15H20O4. The summed E-state index contributed by atoms with van der Waals surface area (Å²) in [5, 5.41) is 20.9. The summed E-state index contributed by atoms with van der Waals surface area (Å²) >= 11 is 0. The van der Waals surface area contributed by atoms with Gasteiger partial charge in [-0.2, -0.15) is 0 Å². The fourth-order valence-electron chi connectivity index (χ4n) is 3.07. The standard InChI is InChI=1S/C15H20O4/c1-15(2,17)11-9-5-3-8-19-14(9)12(16)10-6-4-7-18-13(10)11/h16-17H,3-8H2,1-2H3. The van der Waals surface area contributed by atoms with Gasteiger partial charge in [-0.3, -0.25) is 0 Å². The minimum atomic E-state index is -1.00. The largest absolute Gasteiger partial charge is 0.504 e. The molecule has 4 heteroatoms. The molecule has 2 aliphatic rings. The molecule has 0 saturated heterocycles. The molecule has 3 rings (SSSR count). The van der Waals surface area contributed by atoms with E-state index in [1.54, 1.807) is 13.8 Å². The van der Waals surface area contributed by atoms with E-state index in [1.165, 1.54) is 0 Å². The molecule has 104 valence electrons. The molecule has 0 saturated carbocycles. The lowest BCUT2D eigenvalue weighted by molar-refractivity contribution is 0.0714. The number of aromatic hydroxyl groups is 1. The molecule has 0 bridgehead atoms. The Morgan fingerprint density at radius 3 is 2.16 bits per heavy atom. The lowest BCUT2D eigenvalue weighted by Gasteiger charge is -2.33. The Morgan fingerprint density at radius 2 is 1.53 bits per heavy atom. The van der Waals surface area contributed by atoms with Crippen LogP contribution in [-0.2, 0) is 18.4 Å². The van der Waals surface area contributed by atoms with Crippen LogP contribution >= 0.6 is 0 Å². The molecule has 0 unspecified atom stereocenters. The molecule has 2 aliphatic heterocycles. The zero-order valence-corrected chi connectivity index (χ0v) is 11.5. The zero-order valence-electron chi connectivity index (χ0n) is 11.5. The maximum Gasteiger partial charge on any atom is 0.165 e. The van der Waals surface area contributed by atoms with Gasteiger partial charge in [-0.25, -0.2) is 0 Å². The third-order valence-corrected chi connectivity index (χ3v) is 3.82. The average Bonchev–Trinajstić information content (AvgIpc) is 2.38. The van der Waals surface area contributed by atoms with Crippen molar-refractivity contribution in [2.45, 2.75) is 45.1 Å². The Bertz CT molecular complexity index is 477. The molecule has 2 heterocycles. The molecule has 0 atom stereocenters. The van der Waals surface area contributed by atoms with Crippen molar-refractivity contribution in [3.8, 4) is 17.2 Å². The monoisotopic (exact) mass is 264 g/mol. The lowest BCUT2D eigenvalue weighted by atomic mass is 9.84. The number of phenolic OH excluding ortho intramolecular Hbond substituents is 1. The number of ether oxygens (including phenoxy) is 2. The highest BCUT2D eigenvalue weighted by molar-refractivity contribution is 5.65. The molecule has 4 nitrogen and oxygen atoms in total. The minimum absolute atomic E-state index is 0.206. The molecule has 0 fully saturated rings. The molecule has 0 amide bonds. The fraction of sp³-hybridized carbons (Fsp3) is 0.600. The summed E-state index contributed by atoms with van der Waals surface area (Å²) in [7, 11) is 0. The highest BCUT2D eigenvalue weighted by atomic mass is 16.5. The predicted molar refractivity (Wildman–Crippen MR) is 71.0 cm³/mol. The van der Waals surface area contributed by atoms with Crippen molar-refractivity contribution < 1.29 is 19.7 Å². The van der Waals surface area contributed by atoms with Crippen LogP contribution in [0, 0.1) is 0 Å². The van der Waals surface area contributed by atoms with E-state index in [1.807, 2.05) is 0 Å². The summed E-state index contributed by atoms with van der Waals surface area (Å²) in [6.07, 6.45) is 3.35. The van der Waals surface area contributed by atoms with Crippen molar-refractivity contribution >= 4 is 0 Å². The Hall–Kier alpha value is -1.42. The maximum atomic E-state index is 10.5. The molecule has 1 aromatic rings. The maximum absolute atomic E-state index is 10.5. The van der Waals surface area contributed by atoms with E-state index in [0.29, 0.717) is 24.7 Å². The van der Waals surface area contributed by atoms with Crippen molar-refractivity contribution in [2.75, 3.05) is 13.2 Å². The molecule has 2 N–H and O–H groups in total. The van der Waals surface area contributed by atoms with Crippen molar-refractivity contribution in [2.24, 2.45) is 0 Å². The van der Waals surface area contributed by atoms with Gasteiger partial charge in [0, 0.05) is 16.7 Å². The molecule has 0 aliphatic carbocycles. The topological polar surface area (TPSA) is 58.9 Å². The van der Waals surface area contributed by atoms with Crippen molar-refractivity contribution in [3.63, 3.8) is 0 Å². The SMILES string of the molecule is CC(C)(O)c1c2c(c(O)c3c1OCCC3)OCCC2. The van der Waals surface area contributed by atoms with E-state index in [4.69, 9.17) is 9.47 Å². The Balaban J connectivity index is 2.31. The highest BCUT2D eigenvalue weighted by Crippen LogP contribution is 2.50. The first-order valence-electron chi connectivity index (χ1n) is 6.89. The first-order chi connectivity index (χ1) is 9.00. The summed E-state index contributed by atoms with van der Waals surface area (Å²) in [5.74, 6) is 1.42. The first-order valence-corrected chi connectivity index (χ1v) is 6.89. The first kappa shape index (κ1) is 12.6. The molecule has 0 aromatic heterocycles. The van der Waals surface area contributed by atoms with Gasteiger partial charge in [0.25, 0.3) is 0 Å². The number of hydrogen-bond donors (Lipinski definition) is 2. The lowest BCUT2D eigenvalue weighted by Crippen LogP contribution is -2.25. The Kier molecular flexibility index (Phi) is 2.86. The summed E-state index contributed by atoms with van der Waals surface area (Å²) in [4.78, 5) is 0. The van der Waals surface area contributed by atoms with Gasteiger partial charge in [-0.15, -0.1) is 0 Å². The fourth-order valence-corrected chi connectivity index (χ4v) is 3.07. The van der Waals surface area contributed by atoms with Crippen LogP contribution in [0.3, 0.4) is 0 Å². The van der Waals surface area contributed by atoms with Gasteiger partial charge < -0.3 is 19.7 Å². The van der Waals surface area contributed by atoms with E-state index in [0.717, 1.165) is 42.4 Å². The van der Waals surface area contributed by atoms with Crippen LogP contribution in [0.5, 0.6) is 17.2 Å². The van der Waals surface area contributed by atoms with Gasteiger partial charge in [0.1, 0.15) is 5.75 Å². The van der Waals surface area contributed by atoms with Crippen molar-refractivity contribution in [1.29, 1.82) is 0 Å². The van der Waals surface area contributed by atoms with E-state index < -0.39 is 5.60 Å². The van der Waals surface area contributed by atoms with Crippen molar-refractivity contribution in [3.05, 3.63) is 16.7 Å². The van der Waals surface area contributed by atoms with Crippen LogP contribution in [0.15, 0.2) is 0 Å². The van der Waals surface area contributed by atoms with Gasteiger partial charge in [0.05, 0.1) is 18.8 Å². The average molecular weight is 264 g/mol. The normalized spacial score (nSPS) is 18.1. The summed E-state index contributed by atoms with van der Waals surface area (Å²) in [6, 6.07) is 0.